The Hall–Kier alpha value is -3.38. The lowest BCUT2D eigenvalue weighted by molar-refractivity contribution is -0.142. The molecule has 1 aromatic carbocycles. The number of aromatic nitrogens is 6. The average Bonchev–Trinajstić information content (AvgIpc) is 3.47. The molecule has 0 saturated carbocycles. The Labute approximate surface area is 206 Å². The number of fused-ring (bicyclic) bond motifs is 2. The summed E-state index contributed by atoms with van der Waals surface area (Å²) < 4.78 is 42.2. The van der Waals surface area contributed by atoms with Gasteiger partial charge < -0.3 is 14.8 Å². The number of hydrogen-bond acceptors (Lipinski definition) is 8. The van der Waals surface area contributed by atoms with Gasteiger partial charge in [-0.2, -0.15) is 4.98 Å². The molecule has 2 fully saturated rings. The van der Waals surface area contributed by atoms with Crippen molar-refractivity contribution in [1.82, 2.24) is 34.5 Å². The van der Waals surface area contributed by atoms with Crippen molar-refractivity contribution in [3.63, 3.8) is 0 Å². The Bertz CT molecular complexity index is 1400. The molecular weight excluding hydrogens is 470 g/mol. The van der Waals surface area contributed by atoms with Crippen LogP contribution >= 0.6 is 0 Å². The number of nitrogens with zero attached hydrogens (tertiary/aromatic N) is 7. The number of nitrogens with one attached hydrogen (secondary N) is 1. The molecule has 1 N–H and O–H groups in total. The highest BCUT2D eigenvalue weighted by Gasteiger charge is 2.43. The second-order valence-corrected chi connectivity index (χ2v) is 9.66. The summed E-state index contributed by atoms with van der Waals surface area (Å²) in [7, 11) is 1.55. The highest BCUT2D eigenvalue weighted by Crippen LogP contribution is 2.34. The smallest absolute Gasteiger partial charge is 0.244 e. The Morgan fingerprint density at radius 3 is 2.86 bits per heavy atom. The Kier molecular flexibility index (Phi) is 5.72. The summed E-state index contributed by atoms with van der Waals surface area (Å²) in [6.45, 7) is 4.15. The first-order chi connectivity index (χ1) is 17.5. The molecular formula is C24H28F2N8O2. The van der Waals surface area contributed by atoms with Crippen molar-refractivity contribution in [3.8, 4) is 17.0 Å². The molecule has 0 bridgehead atoms. The van der Waals surface area contributed by atoms with E-state index in [1.165, 1.54) is 0 Å². The number of halogens is 2. The van der Waals surface area contributed by atoms with Crippen molar-refractivity contribution < 1.29 is 18.3 Å². The van der Waals surface area contributed by atoms with Crippen molar-refractivity contribution in [3.05, 3.63) is 30.5 Å². The molecule has 3 aromatic heterocycles. The summed E-state index contributed by atoms with van der Waals surface area (Å²) in [6.07, 6.45) is 1.39. The molecule has 0 radical (unpaired) electrons. The van der Waals surface area contributed by atoms with Crippen molar-refractivity contribution in [1.29, 1.82) is 0 Å². The second-order valence-electron chi connectivity index (χ2n) is 9.66. The third-order valence-electron chi connectivity index (χ3n) is 7.24. The quantitative estimate of drug-likeness (QED) is 0.416. The van der Waals surface area contributed by atoms with E-state index in [9.17, 15) is 4.39 Å². The van der Waals surface area contributed by atoms with E-state index in [1.54, 1.807) is 16.3 Å². The van der Waals surface area contributed by atoms with Crippen LogP contribution in [0.25, 0.3) is 27.7 Å². The lowest BCUT2D eigenvalue weighted by Crippen LogP contribution is -2.64. The van der Waals surface area contributed by atoms with Gasteiger partial charge in [0.15, 0.2) is 0 Å². The van der Waals surface area contributed by atoms with Gasteiger partial charge in [0, 0.05) is 24.8 Å². The Morgan fingerprint density at radius 1 is 1.28 bits per heavy atom. The van der Waals surface area contributed by atoms with Gasteiger partial charge in [-0.05, 0) is 37.1 Å². The molecule has 2 aliphatic heterocycles. The zero-order valence-corrected chi connectivity index (χ0v) is 20.2. The molecule has 36 heavy (non-hydrogen) atoms. The number of aryl methyl sites for hydroxylation is 1. The van der Waals surface area contributed by atoms with E-state index in [0.29, 0.717) is 49.0 Å². The number of methoxy groups -OCH3 is 1. The molecule has 10 nitrogen and oxygen atoms in total. The minimum Gasteiger partial charge on any atom is -0.479 e. The van der Waals surface area contributed by atoms with Crippen molar-refractivity contribution in [2.45, 2.75) is 37.6 Å². The van der Waals surface area contributed by atoms with Crippen molar-refractivity contribution >= 4 is 22.5 Å². The SMILES string of the molecule is COc1nc(N[C@H]2CCN(C3(C)COC3)C[C@H]2F)nn2ccc(-c3ccc4nnn(CCF)c4c3)c12. The molecule has 190 valence electrons. The number of piperidine rings is 1. The molecule has 2 saturated heterocycles. The van der Waals surface area contributed by atoms with Crippen LogP contribution in [0, 0.1) is 0 Å². The van der Waals surface area contributed by atoms with E-state index in [-0.39, 0.29) is 12.1 Å². The average molecular weight is 499 g/mol. The van der Waals surface area contributed by atoms with Crippen LogP contribution in [-0.2, 0) is 11.3 Å². The highest BCUT2D eigenvalue weighted by atomic mass is 19.1. The third-order valence-corrected chi connectivity index (χ3v) is 7.24. The van der Waals surface area contributed by atoms with E-state index in [0.717, 1.165) is 23.2 Å². The van der Waals surface area contributed by atoms with Crippen LogP contribution in [0.3, 0.4) is 0 Å². The maximum atomic E-state index is 15.1. The van der Waals surface area contributed by atoms with E-state index in [1.807, 2.05) is 30.5 Å². The van der Waals surface area contributed by atoms with Crippen LogP contribution in [0.2, 0.25) is 0 Å². The fourth-order valence-corrected chi connectivity index (χ4v) is 5.11. The summed E-state index contributed by atoms with van der Waals surface area (Å²) in [4.78, 5) is 6.73. The Balaban J connectivity index is 1.27. The van der Waals surface area contributed by atoms with Gasteiger partial charge >= 0.3 is 0 Å². The summed E-state index contributed by atoms with van der Waals surface area (Å²) in [5.41, 5.74) is 3.76. The van der Waals surface area contributed by atoms with E-state index >= 15 is 4.39 Å². The molecule has 6 rings (SSSR count). The predicted octanol–water partition coefficient (Wildman–Crippen LogP) is 2.73. The second kappa shape index (κ2) is 8.93. The van der Waals surface area contributed by atoms with Gasteiger partial charge in [-0.15, -0.1) is 10.2 Å². The largest absolute Gasteiger partial charge is 0.479 e. The molecule has 2 atom stereocenters. The molecule has 0 spiro atoms. The fourth-order valence-electron chi connectivity index (χ4n) is 5.11. The van der Waals surface area contributed by atoms with Crippen LogP contribution in [-0.4, -0.2) is 92.3 Å². The molecule has 2 aliphatic rings. The number of ether oxygens (including phenoxy) is 2. The Morgan fingerprint density at radius 2 is 2.14 bits per heavy atom. The van der Waals surface area contributed by atoms with Crippen LogP contribution in [0.15, 0.2) is 30.5 Å². The van der Waals surface area contributed by atoms with Gasteiger partial charge in [-0.1, -0.05) is 11.3 Å². The van der Waals surface area contributed by atoms with Crippen LogP contribution in [0.4, 0.5) is 14.7 Å². The summed E-state index contributed by atoms with van der Waals surface area (Å²) in [5.74, 6) is 0.677. The normalized spacial score (nSPS) is 22.1. The summed E-state index contributed by atoms with van der Waals surface area (Å²) >= 11 is 0. The zero-order valence-electron chi connectivity index (χ0n) is 20.2. The van der Waals surface area contributed by atoms with Crippen molar-refractivity contribution in [2.24, 2.45) is 0 Å². The minimum atomic E-state index is -1.06. The maximum absolute atomic E-state index is 15.1. The first-order valence-corrected chi connectivity index (χ1v) is 12.1. The predicted molar refractivity (Wildman–Crippen MR) is 130 cm³/mol. The first-order valence-electron chi connectivity index (χ1n) is 12.1. The molecule has 0 aliphatic carbocycles. The third kappa shape index (κ3) is 3.84. The van der Waals surface area contributed by atoms with E-state index in [4.69, 9.17) is 9.47 Å². The zero-order chi connectivity index (χ0) is 24.9. The number of likely N-dealkylation sites (tertiary alicyclic amines) is 1. The van der Waals surface area contributed by atoms with Gasteiger partial charge in [-0.3, -0.25) is 4.90 Å². The van der Waals surface area contributed by atoms with Crippen molar-refractivity contribution in [2.75, 3.05) is 45.4 Å². The highest BCUT2D eigenvalue weighted by molar-refractivity contribution is 5.89. The number of hydrogen-bond donors (Lipinski definition) is 1. The van der Waals surface area contributed by atoms with Crippen LogP contribution < -0.4 is 10.1 Å². The van der Waals surface area contributed by atoms with Gasteiger partial charge in [0.1, 0.15) is 23.9 Å². The van der Waals surface area contributed by atoms with Gasteiger partial charge in [0.05, 0.1) is 44.0 Å². The number of benzene rings is 1. The summed E-state index contributed by atoms with van der Waals surface area (Å²) in [6, 6.07) is 7.21. The van der Waals surface area contributed by atoms with Gasteiger partial charge in [0.2, 0.25) is 11.8 Å². The first kappa shape index (κ1) is 23.0. The number of alkyl halides is 2. The fraction of sp³-hybridized carbons (Fsp3) is 0.500. The van der Waals surface area contributed by atoms with E-state index < -0.39 is 18.9 Å². The topological polar surface area (TPSA) is 94.6 Å². The van der Waals surface area contributed by atoms with Crippen LogP contribution in [0.5, 0.6) is 5.88 Å². The van der Waals surface area contributed by atoms with Gasteiger partial charge in [-0.25, -0.2) is 18.0 Å². The molecule has 0 unspecified atom stereocenters. The lowest BCUT2D eigenvalue weighted by atomic mass is 9.92. The molecule has 5 heterocycles. The monoisotopic (exact) mass is 498 g/mol. The summed E-state index contributed by atoms with van der Waals surface area (Å²) in [5, 5.41) is 15.9. The van der Waals surface area contributed by atoms with Crippen LogP contribution in [0.1, 0.15) is 13.3 Å². The number of rotatable bonds is 7. The molecule has 12 heteroatoms. The lowest BCUT2D eigenvalue weighted by Gasteiger charge is -2.50. The minimum absolute atomic E-state index is 0.0713. The standard InChI is InChI=1S/C24H28F2N8O2/c1-24(13-36-14-24)32-8-6-18(17(26)12-32)27-23-28-22(35-2)21-16(5-9-34(21)30-23)15-3-4-19-20(11-15)33(10-7-25)31-29-19/h3-5,9,11,17-18H,6-8,10,12-14H2,1-2H3,(H,27,30)/t17-,18+/m1/s1. The van der Waals surface area contributed by atoms with E-state index in [2.05, 4.69) is 37.5 Å². The number of anilines is 1. The maximum Gasteiger partial charge on any atom is 0.244 e. The molecule has 0 amide bonds. The van der Waals surface area contributed by atoms with Gasteiger partial charge in [0.25, 0.3) is 0 Å². The molecule has 4 aromatic rings.